The SMILES string of the molecule is CC(C)(C(=O)Nc1ccc(C(F)(F)F)cc1C(=O)N1CCOCC1)n1cc(C#CC2CN(c3ccc4c(c3)C(=O)N(C3CCC(=O)NC3=O)C4=O)C2)cn1. The molecule has 14 nitrogen and oxygen atoms in total. The number of carbonyl (C=O) groups is 6. The van der Waals surface area contributed by atoms with Crippen LogP contribution < -0.4 is 15.5 Å². The molecule has 3 fully saturated rings. The molecule has 2 N–H and O–H groups in total. The van der Waals surface area contributed by atoms with Crippen molar-refractivity contribution in [3.63, 3.8) is 0 Å². The molecule has 7 rings (SSSR count). The summed E-state index contributed by atoms with van der Waals surface area (Å²) in [7, 11) is 0. The summed E-state index contributed by atoms with van der Waals surface area (Å²) in [5.41, 5.74) is -1.09. The molecule has 2 aromatic carbocycles. The van der Waals surface area contributed by atoms with Crippen LogP contribution >= 0.6 is 0 Å². The number of imide groups is 2. The second kappa shape index (κ2) is 13.8. The van der Waals surface area contributed by atoms with E-state index in [-0.39, 0.29) is 67.4 Å². The zero-order valence-corrected chi connectivity index (χ0v) is 29.2. The first-order valence-corrected chi connectivity index (χ1v) is 17.2. The van der Waals surface area contributed by atoms with Crippen LogP contribution in [0, 0.1) is 17.8 Å². The highest BCUT2D eigenvalue weighted by atomic mass is 19.4. The fraction of sp³-hybridized carbons (Fsp3) is 0.378. The third-order valence-electron chi connectivity index (χ3n) is 9.93. The predicted octanol–water partition coefficient (Wildman–Crippen LogP) is 2.64. The van der Waals surface area contributed by atoms with Gasteiger partial charge in [-0.05, 0) is 56.7 Å². The highest BCUT2D eigenvalue weighted by Crippen LogP contribution is 2.34. The molecule has 280 valence electrons. The van der Waals surface area contributed by atoms with Crippen LogP contribution in [0.5, 0.6) is 0 Å². The molecule has 1 atom stereocenters. The van der Waals surface area contributed by atoms with Gasteiger partial charge in [0, 0.05) is 44.5 Å². The maximum absolute atomic E-state index is 13.6. The number of hydrogen-bond acceptors (Lipinski definition) is 9. The van der Waals surface area contributed by atoms with E-state index in [0.29, 0.717) is 24.3 Å². The molecule has 4 aliphatic heterocycles. The van der Waals surface area contributed by atoms with Crippen LogP contribution in [-0.4, -0.2) is 100 Å². The van der Waals surface area contributed by atoms with Crippen molar-refractivity contribution in [2.45, 2.75) is 44.4 Å². The van der Waals surface area contributed by atoms with Crippen LogP contribution in [0.15, 0.2) is 48.8 Å². The summed E-state index contributed by atoms with van der Waals surface area (Å²) in [6.45, 7) is 5.11. The standard InChI is InChI=1S/C37H34F3N7O7/c1-36(2,35(53)42-28-8-5-23(37(38,39)40)15-27(28)32(50)44-11-13-54-14-12-44)46-20-21(17-41-46)3-4-22-18-45(19-22)24-6-7-25-26(16-24)34(52)47(33(25)51)29-9-10-30(48)43-31(29)49/h5-8,15-17,20,22,29H,9-14,18-19H2,1-2H3,(H,42,53)(H,43,48,49). The van der Waals surface area contributed by atoms with E-state index in [9.17, 15) is 41.9 Å². The van der Waals surface area contributed by atoms with Crippen molar-refractivity contribution in [2.75, 3.05) is 49.6 Å². The van der Waals surface area contributed by atoms with Crippen LogP contribution in [0.3, 0.4) is 0 Å². The number of ether oxygens (including phenoxy) is 1. The number of halogens is 3. The molecule has 3 aromatic rings. The summed E-state index contributed by atoms with van der Waals surface area (Å²) >= 11 is 0. The smallest absolute Gasteiger partial charge is 0.378 e. The molecule has 0 spiro atoms. The lowest BCUT2D eigenvalue weighted by Crippen LogP contribution is -2.54. The largest absolute Gasteiger partial charge is 0.416 e. The van der Waals surface area contributed by atoms with E-state index >= 15 is 0 Å². The van der Waals surface area contributed by atoms with Gasteiger partial charge in [-0.25, -0.2) is 0 Å². The number of nitrogens with one attached hydrogen (secondary N) is 2. The maximum Gasteiger partial charge on any atom is 0.416 e. The molecule has 0 saturated carbocycles. The number of benzene rings is 2. The minimum atomic E-state index is -4.70. The number of nitrogens with zero attached hydrogens (tertiary/aromatic N) is 5. The molecule has 3 saturated heterocycles. The Hall–Kier alpha value is -6.02. The number of carbonyl (C=O) groups excluding carboxylic acids is 6. The minimum Gasteiger partial charge on any atom is -0.378 e. The zero-order chi connectivity index (χ0) is 38.5. The Morgan fingerprint density at radius 2 is 1.70 bits per heavy atom. The van der Waals surface area contributed by atoms with Gasteiger partial charge >= 0.3 is 6.18 Å². The summed E-state index contributed by atoms with van der Waals surface area (Å²) in [6.07, 6.45) is -1.53. The highest BCUT2D eigenvalue weighted by molar-refractivity contribution is 6.23. The third kappa shape index (κ3) is 6.80. The quantitative estimate of drug-likeness (QED) is 0.285. The number of morpholine rings is 1. The molecular weight excluding hydrogens is 711 g/mol. The Kier molecular flexibility index (Phi) is 9.26. The van der Waals surface area contributed by atoms with Gasteiger partial charge in [0.1, 0.15) is 11.6 Å². The first-order chi connectivity index (χ1) is 25.6. The first-order valence-electron chi connectivity index (χ1n) is 17.2. The lowest BCUT2D eigenvalue weighted by Gasteiger charge is -2.38. The molecule has 17 heteroatoms. The van der Waals surface area contributed by atoms with Gasteiger partial charge in [0.2, 0.25) is 11.8 Å². The van der Waals surface area contributed by atoms with Crippen molar-refractivity contribution in [2.24, 2.45) is 5.92 Å². The second-order valence-electron chi connectivity index (χ2n) is 13.9. The van der Waals surface area contributed by atoms with Crippen LogP contribution in [0.4, 0.5) is 24.5 Å². The van der Waals surface area contributed by atoms with Gasteiger partial charge in [0.05, 0.1) is 58.8 Å². The van der Waals surface area contributed by atoms with Gasteiger partial charge in [0.15, 0.2) is 0 Å². The fourth-order valence-corrected chi connectivity index (χ4v) is 6.64. The van der Waals surface area contributed by atoms with Crippen LogP contribution in [0.2, 0.25) is 0 Å². The number of anilines is 2. The number of rotatable bonds is 6. The third-order valence-corrected chi connectivity index (χ3v) is 9.93. The predicted molar refractivity (Wildman–Crippen MR) is 184 cm³/mol. The molecule has 4 aliphatic rings. The van der Waals surface area contributed by atoms with E-state index in [2.05, 4.69) is 27.6 Å². The second-order valence-corrected chi connectivity index (χ2v) is 13.9. The average Bonchev–Trinajstić information content (AvgIpc) is 3.70. The van der Waals surface area contributed by atoms with E-state index in [1.165, 1.54) is 15.8 Å². The van der Waals surface area contributed by atoms with Crippen molar-refractivity contribution < 1.29 is 46.7 Å². The lowest BCUT2D eigenvalue weighted by atomic mass is 9.98. The van der Waals surface area contributed by atoms with Crippen molar-refractivity contribution in [3.05, 3.63) is 76.6 Å². The molecule has 0 aliphatic carbocycles. The Labute approximate surface area is 306 Å². The Bertz CT molecular complexity index is 2160. The van der Waals surface area contributed by atoms with Gasteiger partial charge in [-0.1, -0.05) is 11.8 Å². The summed E-state index contributed by atoms with van der Waals surface area (Å²) in [5.74, 6) is 2.64. The Morgan fingerprint density at radius 1 is 0.981 bits per heavy atom. The van der Waals surface area contributed by atoms with E-state index in [4.69, 9.17) is 4.74 Å². The average molecular weight is 746 g/mol. The number of aromatic nitrogens is 2. The van der Waals surface area contributed by atoms with E-state index < -0.39 is 58.8 Å². The van der Waals surface area contributed by atoms with Gasteiger partial charge in [0.25, 0.3) is 23.6 Å². The van der Waals surface area contributed by atoms with Crippen LogP contribution in [0.25, 0.3) is 0 Å². The Balaban J connectivity index is 0.991. The minimum absolute atomic E-state index is 0.0328. The number of alkyl halides is 3. The van der Waals surface area contributed by atoms with Gasteiger partial charge in [-0.15, -0.1) is 0 Å². The molecular formula is C37H34F3N7O7. The highest BCUT2D eigenvalue weighted by Gasteiger charge is 2.45. The number of fused-ring (bicyclic) bond motifs is 1. The van der Waals surface area contributed by atoms with E-state index in [1.54, 1.807) is 38.2 Å². The number of hydrogen-bond donors (Lipinski definition) is 2. The molecule has 54 heavy (non-hydrogen) atoms. The normalized spacial score (nSPS) is 19.2. The zero-order valence-electron chi connectivity index (χ0n) is 29.2. The van der Waals surface area contributed by atoms with Crippen LogP contribution in [0.1, 0.15) is 68.9 Å². The van der Waals surface area contributed by atoms with Crippen molar-refractivity contribution in [1.29, 1.82) is 0 Å². The van der Waals surface area contributed by atoms with Crippen molar-refractivity contribution in [3.8, 4) is 11.8 Å². The number of piperidine rings is 1. The summed E-state index contributed by atoms with van der Waals surface area (Å²) in [6, 6.07) is 6.48. The van der Waals surface area contributed by atoms with Crippen molar-refractivity contribution >= 4 is 46.8 Å². The topological polar surface area (TPSA) is 163 Å². The molecule has 5 heterocycles. The van der Waals surface area contributed by atoms with E-state index in [0.717, 1.165) is 23.1 Å². The monoisotopic (exact) mass is 745 g/mol. The number of amides is 6. The summed E-state index contributed by atoms with van der Waals surface area (Å²) in [5, 5.41) is 9.12. The molecule has 0 radical (unpaired) electrons. The lowest BCUT2D eigenvalue weighted by molar-refractivity contribution is -0.138. The Morgan fingerprint density at radius 3 is 2.41 bits per heavy atom. The molecule has 1 aromatic heterocycles. The van der Waals surface area contributed by atoms with Gasteiger partial charge in [-0.3, -0.25) is 43.7 Å². The fourth-order valence-electron chi connectivity index (χ4n) is 6.64. The van der Waals surface area contributed by atoms with Crippen LogP contribution in [-0.2, 0) is 30.8 Å². The van der Waals surface area contributed by atoms with Gasteiger partial charge < -0.3 is 19.9 Å². The van der Waals surface area contributed by atoms with Crippen molar-refractivity contribution in [1.82, 2.24) is 24.9 Å². The first kappa shape index (κ1) is 36.3. The van der Waals surface area contributed by atoms with Gasteiger partial charge in [-0.2, -0.15) is 18.3 Å². The summed E-state index contributed by atoms with van der Waals surface area (Å²) < 4.78 is 47.4. The molecule has 0 bridgehead atoms. The van der Waals surface area contributed by atoms with E-state index in [1.807, 2.05) is 4.90 Å². The molecule has 6 amide bonds. The summed E-state index contributed by atoms with van der Waals surface area (Å²) in [4.78, 5) is 81.3. The maximum atomic E-state index is 13.6. The molecule has 1 unspecified atom stereocenters.